The van der Waals surface area contributed by atoms with E-state index in [0.717, 1.165) is 16.6 Å². The maximum absolute atomic E-state index is 12.6. The number of anilines is 1. The van der Waals surface area contributed by atoms with Gasteiger partial charge in [0.1, 0.15) is 0 Å². The largest absolute Gasteiger partial charge is 0.358 e. The van der Waals surface area contributed by atoms with Gasteiger partial charge in [-0.1, -0.05) is 30.3 Å². The van der Waals surface area contributed by atoms with Gasteiger partial charge in [0, 0.05) is 27.8 Å². The molecule has 22 heavy (non-hydrogen) atoms. The summed E-state index contributed by atoms with van der Waals surface area (Å²) < 4.78 is 0. The van der Waals surface area contributed by atoms with Gasteiger partial charge in [-0.05, 0) is 32.0 Å². The summed E-state index contributed by atoms with van der Waals surface area (Å²) in [5.74, 6) is -0.213. The van der Waals surface area contributed by atoms with Gasteiger partial charge in [-0.15, -0.1) is 0 Å². The molecule has 0 fully saturated rings. The van der Waals surface area contributed by atoms with Gasteiger partial charge >= 0.3 is 0 Å². The fourth-order valence-corrected chi connectivity index (χ4v) is 2.58. The van der Waals surface area contributed by atoms with Crippen LogP contribution in [0.15, 0.2) is 48.5 Å². The molecule has 0 atom stereocenters. The summed E-state index contributed by atoms with van der Waals surface area (Å²) in [6.07, 6.45) is 0. The molecule has 0 saturated carbocycles. The Morgan fingerprint density at radius 1 is 1.05 bits per heavy atom. The van der Waals surface area contributed by atoms with Crippen molar-refractivity contribution in [1.82, 2.24) is 4.98 Å². The number of aromatic nitrogens is 1. The van der Waals surface area contributed by atoms with Crippen LogP contribution in [0.3, 0.4) is 0 Å². The molecule has 0 aliphatic rings. The fourth-order valence-electron chi connectivity index (χ4n) is 2.58. The number of amides is 1. The molecule has 0 spiro atoms. The lowest BCUT2D eigenvalue weighted by Gasteiger charge is -2.06. The zero-order valence-corrected chi connectivity index (χ0v) is 12.4. The number of hydrogen-bond donors (Lipinski definition) is 2. The third-order valence-corrected chi connectivity index (χ3v) is 3.65. The van der Waals surface area contributed by atoms with Crippen LogP contribution in [0.1, 0.15) is 33.3 Å². The van der Waals surface area contributed by atoms with Crippen LogP contribution in [0, 0.1) is 6.92 Å². The monoisotopic (exact) mass is 292 g/mol. The fraction of sp³-hybridized carbons (Fsp3) is 0.111. The van der Waals surface area contributed by atoms with E-state index in [0.29, 0.717) is 16.8 Å². The number of fused-ring (bicyclic) bond motifs is 1. The number of Topliss-reactive ketones (excluding diaryl/α,β-unsaturated/α-hetero) is 1. The highest BCUT2D eigenvalue weighted by molar-refractivity contribution is 6.14. The number of ketones is 1. The molecule has 0 aliphatic carbocycles. The second-order valence-corrected chi connectivity index (χ2v) is 5.26. The molecule has 0 aliphatic heterocycles. The summed E-state index contributed by atoms with van der Waals surface area (Å²) in [7, 11) is 0. The molecule has 1 amide bonds. The lowest BCUT2D eigenvalue weighted by molar-refractivity contribution is 0.101. The molecule has 110 valence electrons. The summed E-state index contributed by atoms with van der Waals surface area (Å²) in [5, 5.41) is 3.75. The zero-order valence-electron chi connectivity index (χ0n) is 12.4. The van der Waals surface area contributed by atoms with Crippen LogP contribution in [0.2, 0.25) is 0 Å². The number of benzene rings is 2. The van der Waals surface area contributed by atoms with Crippen LogP contribution in [0.5, 0.6) is 0 Å². The summed E-state index contributed by atoms with van der Waals surface area (Å²) in [5.41, 5.74) is 3.57. The Balaban J connectivity index is 1.95. The van der Waals surface area contributed by atoms with Crippen molar-refractivity contribution in [3.05, 3.63) is 65.4 Å². The van der Waals surface area contributed by atoms with E-state index in [1.54, 1.807) is 24.3 Å². The van der Waals surface area contributed by atoms with Crippen molar-refractivity contribution >= 4 is 28.3 Å². The van der Waals surface area contributed by atoms with Gasteiger partial charge in [-0.25, -0.2) is 0 Å². The Hall–Kier alpha value is -2.88. The molecule has 2 N–H and O–H groups in total. The van der Waals surface area contributed by atoms with Crippen molar-refractivity contribution in [2.45, 2.75) is 13.8 Å². The Labute approximate surface area is 128 Å². The van der Waals surface area contributed by atoms with Gasteiger partial charge < -0.3 is 10.3 Å². The molecule has 0 radical (unpaired) electrons. The van der Waals surface area contributed by atoms with E-state index in [1.165, 1.54) is 6.92 Å². The highest BCUT2D eigenvalue weighted by atomic mass is 16.1. The number of rotatable bonds is 3. The molecule has 1 heterocycles. The number of carbonyl (C=O) groups excluding carboxylic acids is 2. The molecule has 4 heteroatoms. The second kappa shape index (κ2) is 5.48. The van der Waals surface area contributed by atoms with Crippen LogP contribution >= 0.6 is 0 Å². The van der Waals surface area contributed by atoms with E-state index in [2.05, 4.69) is 10.3 Å². The zero-order chi connectivity index (χ0) is 15.7. The summed E-state index contributed by atoms with van der Waals surface area (Å²) in [6.45, 7) is 3.38. The van der Waals surface area contributed by atoms with Crippen molar-refractivity contribution < 1.29 is 9.59 Å². The first-order valence-corrected chi connectivity index (χ1v) is 7.06. The SMILES string of the molecule is CC(=O)c1cccc(NC(=O)c2c(C)[nH]c3ccccc23)c1. The third-order valence-electron chi connectivity index (χ3n) is 3.65. The first kappa shape index (κ1) is 14.1. The Bertz CT molecular complexity index is 878. The Kier molecular flexibility index (Phi) is 3.51. The molecule has 0 bridgehead atoms. The quantitative estimate of drug-likeness (QED) is 0.718. The number of carbonyl (C=O) groups is 2. The number of aryl methyl sites for hydroxylation is 1. The average molecular weight is 292 g/mol. The van der Waals surface area contributed by atoms with Crippen LogP contribution in [0.25, 0.3) is 10.9 Å². The van der Waals surface area contributed by atoms with Gasteiger partial charge in [0.25, 0.3) is 5.91 Å². The second-order valence-electron chi connectivity index (χ2n) is 5.26. The maximum Gasteiger partial charge on any atom is 0.258 e. The predicted octanol–water partition coefficient (Wildman–Crippen LogP) is 3.93. The molecule has 0 unspecified atom stereocenters. The lowest BCUT2D eigenvalue weighted by Crippen LogP contribution is -2.13. The number of aromatic amines is 1. The highest BCUT2D eigenvalue weighted by Crippen LogP contribution is 2.23. The first-order valence-electron chi connectivity index (χ1n) is 7.06. The van der Waals surface area contributed by atoms with Crippen LogP contribution in [0.4, 0.5) is 5.69 Å². The highest BCUT2D eigenvalue weighted by Gasteiger charge is 2.16. The van der Waals surface area contributed by atoms with Crippen LogP contribution in [-0.4, -0.2) is 16.7 Å². The molecular formula is C18H16N2O2. The Morgan fingerprint density at radius 2 is 1.82 bits per heavy atom. The molecule has 3 rings (SSSR count). The van der Waals surface area contributed by atoms with Gasteiger partial charge in [0.2, 0.25) is 0 Å². The van der Waals surface area contributed by atoms with Crippen molar-refractivity contribution in [1.29, 1.82) is 0 Å². The van der Waals surface area contributed by atoms with Gasteiger partial charge in [0.15, 0.2) is 5.78 Å². The average Bonchev–Trinajstić information content (AvgIpc) is 2.83. The minimum atomic E-state index is -0.185. The summed E-state index contributed by atoms with van der Waals surface area (Å²) >= 11 is 0. The van der Waals surface area contributed by atoms with Gasteiger partial charge in [-0.2, -0.15) is 0 Å². The van der Waals surface area contributed by atoms with E-state index in [9.17, 15) is 9.59 Å². The molecule has 0 saturated heterocycles. The molecule has 1 aromatic heterocycles. The third kappa shape index (κ3) is 2.51. The molecule has 3 aromatic rings. The minimum absolute atomic E-state index is 0.0284. The topological polar surface area (TPSA) is 62.0 Å². The normalized spacial score (nSPS) is 10.6. The van der Waals surface area contributed by atoms with Gasteiger partial charge in [-0.3, -0.25) is 9.59 Å². The van der Waals surface area contributed by atoms with E-state index in [1.807, 2.05) is 31.2 Å². The van der Waals surface area contributed by atoms with E-state index in [-0.39, 0.29) is 11.7 Å². The molecular weight excluding hydrogens is 276 g/mol. The van der Waals surface area contributed by atoms with E-state index < -0.39 is 0 Å². The van der Waals surface area contributed by atoms with Crippen molar-refractivity contribution in [3.63, 3.8) is 0 Å². The van der Waals surface area contributed by atoms with Crippen molar-refractivity contribution in [2.24, 2.45) is 0 Å². The molecule has 4 nitrogen and oxygen atoms in total. The predicted molar refractivity (Wildman–Crippen MR) is 87.4 cm³/mol. The first-order chi connectivity index (χ1) is 10.6. The van der Waals surface area contributed by atoms with Crippen LogP contribution < -0.4 is 5.32 Å². The molecule has 2 aromatic carbocycles. The minimum Gasteiger partial charge on any atom is -0.358 e. The number of H-pyrrole nitrogens is 1. The van der Waals surface area contributed by atoms with E-state index in [4.69, 9.17) is 0 Å². The van der Waals surface area contributed by atoms with E-state index >= 15 is 0 Å². The maximum atomic E-state index is 12.6. The smallest absolute Gasteiger partial charge is 0.258 e. The van der Waals surface area contributed by atoms with Crippen LogP contribution in [-0.2, 0) is 0 Å². The number of nitrogens with one attached hydrogen (secondary N) is 2. The van der Waals surface area contributed by atoms with Gasteiger partial charge in [0.05, 0.1) is 5.56 Å². The van der Waals surface area contributed by atoms with Crippen molar-refractivity contribution in [2.75, 3.05) is 5.32 Å². The lowest BCUT2D eigenvalue weighted by atomic mass is 10.1. The summed E-state index contributed by atoms with van der Waals surface area (Å²) in [4.78, 5) is 27.2. The standard InChI is InChI=1S/C18H16N2O2/c1-11-17(15-8-3-4-9-16(15)19-11)18(22)20-14-7-5-6-13(10-14)12(2)21/h3-10,19H,1-2H3,(H,20,22). The number of hydrogen-bond acceptors (Lipinski definition) is 2. The van der Waals surface area contributed by atoms with Crippen molar-refractivity contribution in [3.8, 4) is 0 Å². The Morgan fingerprint density at radius 3 is 2.59 bits per heavy atom. The number of para-hydroxylation sites is 1. The summed E-state index contributed by atoms with van der Waals surface area (Å²) in [6, 6.07) is 14.6.